The molecule has 0 unspecified atom stereocenters. The molecule has 6 heteroatoms. The molecule has 0 aliphatic heterocycles. The Bertz CT molecular complexity index is 939. The lowest BCUT2D eigenvalue weighted by molar-refractivity contribution is 0.0914. The third-order valence-corrected chi connectivity index (χ3v) is 4.18. The molecule has 1 atom stereocenters. The topological polar surface area (TPSA) is 64.3 Å². The second kappa shape index (κ2) is 7.68. The zero-order chi connectivity index (χ0) is 17.8. The third-order valence-electron chi connectivity index (χ3n) is 3.94. The Balaban J connectivity index is 1.69. The summed E-state index contributed by atoms with van der Waals surface area (Å²) in [5.74, 6) is 0.706. The number of hydrogen-bond donors (Lipinski definition) is 1. The molecule has 3 aromatic rings. The van der Waals surface area contributed by atoms with Gasteiger partial charge in [0.2, 0.25) is 0 Å². The van der Waals surface area contributed by atoms with Gasteiger partial charge < -0.3 is 9.84 Å². The Morgan fingerprint density at radius 2 is 2.12 bits per heavy atom. The Kier molecular flexibility index (Phi) is 5.36. The number of hydrogen-bond acceptors (Lipinski definition) is 4. The molecule has 130 valence electrons. The number of rotatable bonds is 6. The average Bonchev–Trinajstić information content (AvgIpc) is 2.62. The van der Waals surface area contributed by atoms with Crippen LogP contribution in [-0.2, 0) is 13.0 Å². The van der Waals surface area contributed by atoms with Crippen molar-refractivity contribution in [2.45, 2.75) is 26.0 Å². The van der Waals surface area contributed by atoms with Gasteiger partial charge in [0.1, 0.15) is 18.5 Å². The molecule has 0 aliphatic carbocycles. The average molecular weight is 359 g/mol. The lowest BCUT2D eigenvalue weighted by atomic mass is 10.2. The number of ether oxygens (including phenoxy) is 1. The maximum absolute atomic E-state index is 12.5. The lowest BCUT2D eigenvalue weighted by Crippen LogP contribution is -2.30. The number of aliphatic hydroxyl groups excluding tert-OH is 1. The van der Waals surface area contributed by atoms with Gasteiger partial charge in [0.25, 0.3) is 5.56 Å². The smallest absolute Gasteiger partial charge is 0.261 e. The summed E-state index contributed by atoms with van der Waals surface area (Å²) in [4.78, 5) is 16.7. The van der Waals surface area contributed by atoms with Gasteiger partial charge in [0, 0.05) is 5.02 Å². The van der Waals surface area contributed by atoms with Crippen LogP contribution in [0.3, 0.4) is 0 Å². The van der Waals surface area contributed by atoms with Crippen molar-refractivity contribution in [1.82, 2.24) is 9.55 Å². The zero-order valence-electron chi connectivity index (χ0n) is 13.9. The lowest BCUT2D eigenvalue weighted by Gasteiger charge is -2.14. The first-order valence-corrected chi connectivity index (χ1v) is 8.49. The minimum absolute atomic E-state index is 0.0955. The van der Waals surface area contributed by atoms with E-state index in [4.69, 9.17) is 16.3 Å². The highest BCUT2D eigenvalue weighted by atomic mass is 35.5. The first-order valence-electron chi connectivity index (χ1n) is 8.11. The Morgan fingerprint density at radius 1 is 1.28 bits per heavy atom. The van der Waals surface area contributed by atoms with E-state index < -0.39 is 6.10 Å². The highest BCUT2D eigenvalue weighted by Gasteiger charge is 2.10. The van der Waals surface area contributed by atoms with E-state index in [2.05, 4.69) is 11.9 Å². The molecule has 3 rings (SSSR count). The summed E-state index contributed by atoms with van der Waals surface area (Å²) in [5, 5.41) is 11.2. The molecule has 1 aromatic heterocycles. The van der Waals surface area contributed by atoms with E-state index >= 15 is 0 Å². The van der Waals surface area contributed by atoms with Gasteiger partial charge in [0.15, 0.2) is 0 Å². The fourth-order valence-electron chi connectivity index (χ4n) is 2.59. The number of halogens is 1. The molecule has 0 fully saturated rings. The molecule has 0 saturated heterocycles. The van der Waals surface area contributed by atoms with E-state index in [1.54, 1.807) is 18.2 Å². The van der Waals surface area contributed by atoms with Crippen LogP contribution in [0.2, 0.25) is 5.02 Å². The fourth-order valence-corrected chi connectivity index (χ4v) is 2.76. The zero-order valence-corrected chi connectivity index (χ0v) is 14.6. The highest BCUT2D eigenvalue weighted by molar-refractivity contribution is 6.31. The maximum Gasteiger partial charge on any atom is 0.261 e. The molecule has 0 spiro atoms. The summed E-state index contributed by atoms with van der Waals surface area (Å²) in [6.45, 7) is 2.27. The van der Waals surface area contributed by atoms with Gasteiger partial charge >= 0.3 is 0 Å². The first kappa shape index (κ1) is 17.5. The summed E-state index contributed by atoms with van der Waals surface area (Å²) in [6.07, 6.45) is 1.51. The van der Waals surface area contributed by atoms with Gasteiger partial charge in [-0.25, -0.2) is 4.98 Å². The second-order valence-electron chi connectivity index (χ2n) is 5.83. The molecule has 0 bridgehead atoms. The quantitative estimate of drug-likeness (QED) is 0.735. The van der Waals surface area contributed by atoms with Gasteiger partial charge in [-0.15, -0.1) is 0 Å². The molecule has 0 amide bonds. The van der Waals surface area contributed by atoms with E-state index in [-0.39, 0.29) is 18.7 Å². The number of aromatic nitrogens is 2. The van der Waals surface area contributed by atoms with E-state index in [9.17, 15) is 9.90 Å². The van der Waals surface area contributed by atoms with Crippen LogP contribution in [0.4, 0.5) is 0 Å². The van der Waals surface area contributed by atoms with Crippen LogP contribution < -0.4 is 10.3 Å². The molecule has 0 aliphatic rings. The fraction of sp³-hybridized carbons (Fsp3) is 0.263. The van der Waals surface area contributed by atoms with Crippen molar-refractivity contribution < 1.29 is 9.84 Å². The Hall–Kier alpha value is -2.37. The largest absolute Gasteiger partial charge is 0.491 e. The molecule has 2 aromatic carbocycles. The molecule has 1 heterocycles. The van der Waals surface area contributed by atoms with Crippen LogP contribution >= 0.6 is 11.6 Å². The minimum Gasteiger partial charge on any atom is -0.491 e. The van der Waals surface area contributed by atoms with Crippen molar-refractivity contribution in [1.29, 1.82) is 0 Å². The minimum atomic E-state index is -0.825. The van der Waals surface area contributed by atoms with Crippen molar-refractivity contribution in [3.05, 3.63) is 69.7 Å². The SMILES string of the molecule is CCc1cccc(OC[C@H](O)Cn2cnc3cc(Cl)ccc3c2=O)c1. The molecular formula is C19H19ClN2O3. The third kappa shape index (κ3) is 4.18. The van der Waals surface area contributed by atoms with Crippen molar-refractivity contribution in [3.8, 4) is 5.75 Å². The first-order chi connectivity index (χ1) is 12.1. The maximum atomic E-state index is 12.5. The van der Waals surface area contributed by atoms with E-state index in [1.807, 2.05) is 24.3 Å². The van der Waals surface area contributed by atoms with E-state index in [0.29, 0.717) is 21.7 Å². The van der Waals surface area contributed by atoms with Crippen molar-refractivity contribution in [2.75, 3.05) is 6.61 Å². The summed E-state index contributed by atoms with van der Waals surface area (Å²) in [5.41, 5.74) is 1.49. The number of aryl methyl sites for hydroxylation is 1. The van der Waals surface area contributed by atoms with Crippen LogP contribution in [-0.4, -0.2) is 27.4 Å². The number of aliphatic hydroxyl groups is 1. The van der Waals surface area contributed by atoms with Gasteiger partial charge in [0.05, 0.1) is 23.8 Å². The van der Waals surface area contributed by atoms with Gasteiger partial charge in [-0.3, -0.25) is 9.36 Å². The summed E-state index contributed by atoms with van der Waals surface area (Å²) in [6, 6.07) is 12.7. The number of fused-ring (bicyclic) bond motifs is 1. The molecule has 5 nitrogen and oxygen atoms in total. The molecule has 0 radical (unpaired) electrons. The van der Waals surface area contributed by atoms with Crippen LogP contribution in [0.1, 0.15) is 12.5 Å². The van der Waals surface area contributed by atoms with Crippen molar-refractivity contribution >= 4 is 22.5 Å². The molecule has 0 saturated carbocycles. The van der Waals surface area contributed by atoms with Crippen LogP contribution in [0, 0.1) is 0 Å². The van der Waals surface area contributed by atoms with Gasteiger partial charge in [-0.05, 0) is 42.3 Å². The number of nitrogens with zero attached hydrogens (tertiary/aromatic N) is 2. The Labute approximate surface area is 150 Å². The van der Waals surface area contributed by atoms with Gasteiger partial charge in [-0.2, -0.15) is 0 Å². The summed E-state index contributed by atoms with van der Waals surface area (Å²) >= 11 is 5.91. The predicted octanol–water partition coefficient (Wildman–Crippen LogP) is 3.05. The van der Waals surface area contributed by atoms with E-state index in [1.165, 1.54) is 16.5 Å². The van der Waals surface area contributed by atoms with Crippen LogP contribution in [0.25, 0.3) is 10.9 Å². The normalized spacial score (nSPS) is 12.3. The summed E-state index contributed by atoms with van der Waals surface area (Å²) in [7, 11) is 0. The Morgan fingerprint density at radius 3 is 2.92 bits per heavy atom. The van der Waals surface area contributed by atoms with E-state index in [0.717, 1.165) is 6.42 Å². The van der Waals surface area contributed by atoms with Gasteiger partial charge in [-0.1, -0.05) is 30.7 Å². The predicted molar refractivity (Wildman–Crippen MR) is 98.3 cm³/mol. The van der Waals surface area contributed by atoms with Crippen molar-refractivity contribution in [3.63, 3.8) is 0 Å². The molecule has 25 heavy (non-hydrogen) atoms. The number of benzene rings is 2. The summed E-state index contributed by atoms with van der Waals surface area (Å²) < 4.78 is 7.00. The van der Waals surface area contributed by atoms with Crippen molar-refractivity contribution in [2.24, 2.45) is 0 Å². The monoisotopic (exact) mass is 358 g/mol. The van der Waals surface area contributed by atoms with Crippen LogP contribution in [0.15, 0.2) is 53.6 Å². The molecule has 1 N–H and O–H groups in total. The molecular weight excluding hydrogens is 340 g/mol. The second-order valence-corrected chi connectivity index (χ2v) is 6.27. The highest BCUT2D eigenvalue weighted by Crippen LogP contribution is 2.15. The standard InChI is InChI=1S/C19H19ClN2O3/c1-2-13-4-3-5-16(8-13)25-11-15(23)10-22-12-21-18-9-14(20)6-7-17(18)19(22)24/h3-9,12,15,23H,2,10-11H2,1H3/t15-/m1/s1. The van der Waals surface area contributed by atoms with Crippen LogP contribution in [0.5, 0.6) is 5.75 Å².